The number of carbonyl (C=O) groups excluding carboxylic acids is 1. The van der Waals surface area contributed by atoms with E-state index < -0.39 is 10.0 Å². The molecule has 1 aliphatic rings. The van der Waals surface area contributed by atoms with Crippen molar-refractivity contribution >= 4 is 21.7 Å². The Labute approximate surface area is 179 Å². The van der Waals surface area contributed by atoms with Crippen molar-refractivity contribution in [3.8, 4) is 0 Å². The summed E-state index contributed by atoms with van der Waals surface area (Å²) in [6.45, 7) is 5.12. The average molecular weight is 431 g/mol. The first-order chi connectivity index (χ1) is 14.5. The normalized spacial score (nSPS) is 13.4. The summed E-state index contributed by atoms with van der Waals surface area (Å²) in [6.07, 6.45) is 7.76. The van der Waals surface area contributed by atoms with Gasteiger partial charge in [0.25, 0.3) is 5.91 Å². The lowest BCUT2D eigenvalue weighted by atomic mass is 10.2. The number of hydrogen-bond donors (Lipinski definition) is 1. The van der Waals surface area contributed by atoms with Crippen LogP contribution in [0.2, 0.25) is 0 Å². The lowest BCUT2D eigenvalue weighted by Gasteiger charge is -2.22. The van der Waals surface area contributed by atoms with Crippen LogP contribution in [0.3, 0.4) is 0 Å². The molecule has 2 aromatic rings. The first-order valence-electron chi connectivity index (χ1n) is 10.7. The molecule has 1 N–H and O–H groups in total. The highest BCUT2D eigenvalue weighted by molar-refractivity contribution is 7.89. The molecule has 1 aromatic heterocycles. The van der Waals surface area contributed by atoms with Crippen LogP contribution in [0.15, 0.2) is 35.5 Å². The van der Waals surface area contributed by atoms with Crippen molar-refractivity contribution in [3.63, 3.8) is 0 Å². The fraction of sp³-hybridized carbons (Fsp3) is 0.500. The molecule has 0 atom stereocenters. The predicted molar refractivity (Wildman–Crippen MR) is 117 cm³/mol. The van der Waals surface area contributed by atoms with Crippen molar-refractivity contribution in [2.45, 2.75) is 63.7 Å². The number of aryl methyl sites for hydroxylation is 1. The first kappa shape index (κ1) is 22.4. The summed E-state index contributed by atoms with van der Waals surface area (Å²) in [5.74, 6) is 0.241. The minimum atomic E-state index is -3.57. The molecular formula is C22H30N4O3S. The summed E-state index contributed by atoms with van der Waals surface area (Å²) in [6, 6.07) is 6.14. The fourth-order valence-electron chi connectivity index (χ4n) is 3.60. The number of rotatable bonds is 10. The Hall–Kier alpha value is -2.32. The highest BCUT2D eigenvalue weighted by atomic mass is 32.2. The molecule has 0 saturated carbocycles. The standard InChI is InChI=1S/C22H30N4O3S/c1-3-5-14-26(15-6-4-2)30(28,29)18-12-10-17(11-13-18)22(27)25-21-19-8-7-9-20(19)23-16-24-21/h10-13,16H,3-9,14-15H2,1-2H3,(H,23,24,25,27). The van der Waals surface area contributed by atoms with Crippen molar-refractivity contribution in [2.24, 2.45) is 0 Å². The van der Waals surface area contributed by atoms with E-state index in [-0.39, 0.29) is 10.8 Å². The predicted octanol–water partition coefficient (Wildman–Crippen LogP) is 3.81. The molecule has 1 aliphatic carbocycles. The van der Waals surface area contributed by atoms with Crippen LogP contribution in [0.1, 0.15) is 67.6 Å². The number of nitrogens with one attached hydrogen (secondary N) is 1. The summed E-state index contributed by atoms with van der Waals surface area (Å²) >= 11 is 0. The number of aromatic nitrogens is 2. The van der Waals surface area contributed by atoms with Crippen LogP contribution in [0.5, 0.6) is 0 Å². The number of hydrogen-bond acceptors (Lipinski definition) is 5. The van der Waals surface area contributed by atoms with Crippen LogP contribution in [-0.4, -0.2) is 41.7 Å². The van der Waals surface area contributed by atoms with Crippen molar-refractivity contribution in [2.75, 3.05) is 18.4 Å². The van der Waals surface area contributed by atoms with Gasteiger partial charge in [-0.1, -0.05) is 26.7 Å². The van der Waals surface area contributed by atoms with Gasteiger partial charge in [0.05, 0.1) is 4.90 Å². The van der Waals surface area contributed by atoms with E-state index in [1.165, 1.54) is 18.5 Å². The first-order valence-corrected chi connectivity index (χ1v) is 12.2. The maximum atomic E-state index is 13.1. The van der Waals surface area contributed by atoms with E-state index in [4.69, 9.17) is 0 Å². The Morgan fingerprint density at radius 2 is 1.70 bits per heavy atom. The number of anilines is 1. The van der Waals surface area contributed by atoms with Gasteiger partial charge in [-0.05, 0) is 56.4 Å². The Morgan fingerprint density at radius 1 is 1.03 bits per heavy atom. The van der Waals surface area contributed by atoms with Crippen LogP contribution in [0.4, 0.5) is 5.82 Å². The molecule has 162 valence electrons. The second-order valence-electron chi connectivity index (χ2n) is 7.59. The molecule has 3 rings (SSSR count). The number of amides is 1. The van der Waals surface area contributed by atoms with Crippen molar-refractivity contribution in [1.29, 1.82) is 0 Å². The van der Waals surface area contributed by atoms with Crippen LogP contribution in [-0.2, 0) is 22.9 Å². The summed E-state index contributed by atoms with van der Waals surface area (Å²) in [5.41, 5.74) is 2.38. The zero-order valence-electron chi connectivity index (χ0n) is 17.7. The zero-order valence-corrected chi connectivity index (χ0v) is 18.5. The molecule has 0 fully saturated rings. The van der Waals surface area contributed by atoms with Gasteiger partial charge in [-0.25, -0.2) is 18.4 Å². The molecule has 0 saturated heterocycles. The SMILES string of the molecule is CCCCN(CCCC)S(=O)(=O)c1ccc(C(=O)Nc2ncnc3c2CCC3)cc1. The lowest BCUT2D eigenvalue weighted by molar-refractivity contribution is 0.102. The van der Waals surface area contributed by atoms with E-state index in [1.54, 1.807) is 16.4 Å². The quantitative estimate of drug-likeness (QED) is 0.619. The van der Waals surface area contributed by atoms with E-state index in [2.05, 4.69) is 15.3 Å². The second-order valence-corrected chi connectivity index (χ2v) is 9.53. The summed E-state index contributed by atoms with van der Waals surface area (Å²) in [7, 11) is -3.57. The molecule has 1 heterocycles. The highest BCUT2D eigenvalue weighted by Crippen LogP contribution is 2.25. The third-order valence-electron chi connectivity index (χ3n) is 5.38. The maximum absolute atomic E-state index is 13.1. The number of sulfonamides is 1. The lowest BCUT2D eigenvalue weighted by Crippen LogP contribution is -2.33. The second kappa shape index (κ2) is 10.1. The smallest absolute Gasteiger partial charge is 0.256 e. The third kappa shape index (κ3) is 5.05. The summed E-state index contributed by atoms with van der Waals surface area (Å²) < 4.78 is 27.7. The molecule has 8 heteroatoms. The Morgan fingerprint density at radius 3 is 2.33 bits per heavy atom. The molecule has 0 radical (unpaired) electrons. The maximum Gasteiger partial charge on any atom is 0.256 e. The van der Waals surface area contributed by atoms with Gasteiger partial charge < -0.3 is 5.32 Å². The molecule has 7 nitrogen and oxygen atoms in total. The van der Waals surface area contributed by atoms with E-state index in [0.717, 1.165) is 56.2 Å². The Kier molecular flexibility index (Phi) is 7.55. The molecule has 1 aromatic carbocycles. The van der Waals surface area contributed by atoms with Gasteiger partial charge >= 0.3 is 0 Å². The van der Waals surface area contributed by atoms with Gasteiger partial charge in [0, 0.05) is 29.9 Å². The average Bonchev–Trinajstić information content (AvgIpc) is 3.23. The number of benzene rings is 1. The molecular weight excluding hydrogens is 400 g/mol. The highest BCUT2D eigenvalue weighted by Gasteiger charge is 2.24. The monoisotopic (exact) mass is 430 g/mol. The van der Waals surface area contributed by atoms with Crippen LogP contribution in [0.25, 0.3) is 0 Å². The topological polar surface area (TPSA) is 92.3 Å². The van der Waals surface area contributed by atoms with Gasteiger partial charge in [-0.2, -0.15) is 4.31 Å². The summed E-state index contributed by atoms with van der Waals surface area (Å²) in [5, 5.41) is 2.85. The number of carbonyl (C=O) groups is 1. The molecule has 30 heavy (non-hydrogen) atoms. The van der Waals surface area contributed by atoms with Crippen LogP contribution < -0.4 is 5.32 Å². The van der Waals surface area contributed by atoms with Crippen molar-refractivity contribution in [1.82, 2.24) is 14.3 Å². The molecule has 0 unspecified atom stereocenters. The van der Waals surface area contributed by atoms with Crippen molar-refractivity contribution in [3.05, 3.63) is 47.4 Å². The fourth-order valence-corrected chi connectivity index (χ4v) is 5.11. The van der Waals surface area contributed by atoms with E-state index >= 15 is 0 Å². The zero-order chi connectivity index (χ0) is 21.6. The van der Waals surface area contributed by atoms with Crippen LogP contribution in [0, 0.1) is 0 Å². The van der Waals surface area contributed by atoms with Gasteiger partial charge in [-0.15, -0.1) is 0 Å². The van der Waals surface area contributed by atoms with E-state index in [1.807, 2.05) is 13.8 Å². The van der Waals surface area contributed by atoms with Crippen molar-refractivity contribution < 1.29 is 13.2 Å². The molecule has 1 amide bonds. The van der Waals surface area contributed by atoms with E-state index in [9.17, 15) is 13.2 Å². The number of nitrogens with zero attached hydrogens (tertiary/aromatic N) is 3. The van der Waals surface area contributed by atoms with Gasteiger partial charge in [0.15, 0.2) is 0 Å². The number of fused-ring (bicyclic) bond motifs is 1. The third-order valence-corrected chi connectivity index (χ3v) is 7.30. The number of unbranched alkanes of at least 4 members (excludes halogenated alkanes) is 2. The Bertz CT molecular complexity index is 966. The largest absolute Gasteiger partial charge is 0.306 e. The minimum Gasteiger partial charge on any atom is -0.306 e. The van der Waals surface area contributed by atoms with Gasteiger partial charge in [-0.3, -0.25) is 4.79 Å². The Balaban J connectivity index is 1.74. The van der Waals surface area contributed by atoms with Gasteiger partial charge in [0.2, 0.25) is 10.0 Å². The minimum absolute atomic E-state index is 0.217. The molecule has 0 bridgehead atoms. The molecule has 0 spiro atoms. The van der Waals surface area contributed by atoms with Crippen LogP contribution >= 0.6 is 0 Å². The summed E-state index contributed by atoms with van der Waals surface area (Å²) in [4.78, 5) is 21.3. The van der Waals surface area contributed by atoms with E-state index in [0.29, 0.717) is 24.5 Å². The molecule has 0 aliphatic heterocycles. The van der Waals surface area contributed by atoms with Gasteiger partial charge in [0.1, 0.15) is 12.1 Å².